The summed E-state index contributed by atoms with van der Waals surface area (Å²) in [4.78, 5) is 34.4. The van der Waals surface area contributed by atoms with Crippen LogP contribution in [-0.2, 0) is 24.3 Å². The fraction of sp³-hybridized carbons (Fsp3) is 0.480. The number of hydrogen-bond acceptors (Lipinski definition) is 5. The van der Waals surface area contributed by atoms with E-state index < -0.39 is 0 Å². The number of piperidine rings is 1. The van der Waals surface area contributed by atoms with Crippen LogP contribution in [0.25, 0.3) is 5.65 Å². The Kier molecular flexibility index (Phi) is 5.93. The maximum absolute atomic E-state index is 13.2. The molecule has 1 amide bonds. The number of aromatic amines is 1. The summed E-state index contributed by atoms with van der Waals surface area (Å²) in [6.45, 7) is 4.68. The molecule has 1 aromatic carbocycles. The third-order valence-corrected chi connectivity index (χ3v) is 6.93. The van der Waals surface area contributed by atoms with Crippen molar-refractivity contribution in [2.24, 2.45) is 0 Å². The van der Waals surface area contributed by atoms with Gasteiger partial charge in [0.05, 0.1) is 31.1 Å². The number of aromatic nitrogens is 3. The molecule has 1 atom stereocenters. The second kappa shape index (κ2) is 9.02. The molecule has 2 aliphatic heterocycles. The number of nitrogens with one attached hydrogen (secondary N) is 1. The molecule has 0 spiro atoms. The number of hydrogen-bond donors (Lipinski definition) is 1. The van der Waals surface area contributed by atoms with Crippen molar-refractivity contribution in [3.8, 4) is 5.75 Å². The van der Waals surface area contributed by atoms with Crippen LogP contribution in [0.1, 0.15) is 61.2 Å². The number of ether oxygens (including phenoxy) is 1. The summed E-state index contributed by atoms with van der Waals surface area (Å²) in [5.41, 5.74) is 4.27. The highest BCUT2D eigenvalue weighted by Crippen LogP contribution is 2.32. The Labute approximate surface area is 193 Å². The number of fused-ring (bicyclic) bond motifs is 2. The molecule has 1 N–H and O–H groups in total. The number of carbonyl (C=O) groups is 1. The number of likely N-dealkylation sites (tertiary alicyclic amines) is 1. The van der Waals surface area contributed by atoms with Crippen molar-refractivity contribution in [2.75, 3.05) is 20.2 Å². The summed E-state index contributed by atoms with van der Waals surface area (Å²) in [5.74, 6) is 0.969. The molecule has 1 fully saturated rings. The summed E-state index contributed by atoms with van der Waals surface area (Å²) in [5, 5.41) is 3.36. The predicted molar refractivity (Wildman–Crippen MR) is 125 cm³/mol. The molecule has 0 radical (unpaired) electrons. The molecule has 3 aromatic rings. The van der Waals surface area contributed by atoms with Crippen LogP contribution < -0.4 is 10.3 Å². The Bertz CT molecular complexity index is 1230. The van der Waals surface area contributed by atoms with E-state index in [2.05, 4.69) is 22.1 Å². The summed E-state index contributed by atoms with van der Waals surface area (Å²) in [6.07, 6.45) is 4.37. The van der Waals surface area contributed by atoms with Crippen molar-refractivity contribution in [2.45, 2.75) is 58.2 Å². The van der Waals surface area contributed by atoms with Gasteiger partial charge >= 0.3 is 0 Å². The zero-order chi connectivity index (χ0) is 22.9. The van der Waals surface area contributed by atoms with E-state index in [0.29, 0.717) is 31.6 Å². The summed E-state index contributed by atoms with van der Waals surface area (Å²) >= 11 is 0. The Morgan fingerprint density at radius 1 is 1.24 bits per heavy atom. The molecular formula is C25H31N5O3. The smallest absolute Gasteiger partial charge is 0.276 e. The summed E-state index contributed by atoms with van der Waals surface area (Å²) < 4.78 is 6.98. The van der Waals surface area contributed by atoms with E-state index in [1.54, 1.807) is 16.5 Å². The normalized spacial score (nSPS) is 19.0. The SMILES string of the molecule is CCC(=O)N1CCc2c(nc3cc([C@@H]4CCCCN4Cc4cccc(OC)c4)[nH]n3c2=O)C1. The number of methoxy groups -OCH3 is 1. The molecule has 2 aromatic heterocycles. The lowest BCUT2D eigenvalue weighted by molar-refractivity contribution is -0.131. The second-order valence-corrected chi connectivity index (χ2v) is 9.00. The van der Waals surface area contributed by atoms with Gasteiger partial charge in [-0.3, -0.25) is 19.6 Å². The Hall–Kier alpha value is -3.13. The van der Waals surface area contributed by atoms with Crippen molar-refractivity contribution in [1.29, 1.82) is 0 Å². The molecule has 1 saturated heterocycles. The van der Waals surface area contributed by atoms with Crippen LogP contribution in [0, 0.1) is 0 Å². The van der Waals surface area contributed by atoms with Crippen LogP contribution in [0.4, 0.5) is 0 Å². The van der Waals surface area contributed by atoms with Gasteiger partial charge in [-0.1, -0.05) is 25.5 Å². The van der Waals surface area contributed by atoms with Crippen molar-refractivity contribution in [3.63, 3.8) is 0 Å². The number of H-pyrrole nitrogens is 1. The Morgan fingerprint density at radius 2 is 2.12 bits per heavy atom. The fourth-order valence-electron chi connectivity index (χ4n) is 5.16. The first-order valence-corrected chi connectivity index (χ1v) is 11.9. The number of benzene rings is 1. The molecule has 0 unspecified atom stereocenters. The number of carbonyl (C=O) groups excluding carboxylic acids is 1. The van der Waals surface area contributed by atoms with Gasteiger partial charge in [0, 0.05) is 31.1 Å². The van der Waals surface area contributed by atoms with Gasteiger partial charge < -0.3 is 9.64 Å². The van der Waals surface area contributed by atoms with Gasteiger partial charge in [0.1, 0.15) is 5.75 Å². The Morgan fingerprint density at radius 3 is 2.94 bits per heavy atom. The summed E-state index contributed by atoms with van der Waals surface area (Å²) in [6, 6.07) is 10.4. The van der Waals surface area contributed by atoms with E-state index in [-0.39, 0.29) is 17.5 Å². The highest BCUT2D eigenvalue weighted by Gasteiger charge is 2.28. The van der Waals surface area contributed by atoms with Gasteiger partial charge in [-0.15, -0.1) is 0 Å². The van der Waals surface area contributed by atoms with Crippen molar-refractivity contribution < 1.29 is 9.53 Å². The lowest BCUT2D eigenvalue weighted by Crippen LogP contribution is -2.39. The molecule has 4 heterocycles. The zero-order valence-corrected chi connectivity index (χ0v) is 19.3. The van der Waals surface area contributed by atoms with E-state index in [4.69, 9.17) is 9.72 Å². The standard InChI is InChI=1S/C25H31N5O3/c1-3-24(31)29-12-10-19-21(16-29)26-23-14-20(27-30(23)25(19)32)22-9-4-5-11-28(22)15-17-7-6-8-18(13-17)33-2/h6-8,13-14,22,27H,3-5,9-12,15-16H2,1-2H3/t22-/m0/s1. The molecule has 0 bridgehead atoms. The lowest BCUT2D eigenvalue weighted by atomic mass is 9.98. The van der Waals surface area contributed by atoms with Crippen LogP contribution in [0.3, 0.4) is 0 Å². The van der Waals surface area contributed by atoms with Gasteiger partial charge in [0.15, 0.2) is 5.65 Å². The third kappa shape index (κ3) is 4.15. The first-order chi connectivity index (χ1) is 16.1. The van der Waals surface area contributed by atoms with Gasteiger partial charge in [0.2, 0.25) is 5.91 Å². The van der Waals surface area contributed by atoms with Gasteiger partial charge in [-0.05, 0) is 43.5 Å². The average molecular weight is 450 g/mol. The van der Waals surface area contributed by atoms with Gasteiger partial charge in [0.25, 0.3) is 5.56 Å². The molecule has 2 aliphatic rings. The number of rotatable bonds is 5. The van der Waals surface area contributed by atoms with E-state index in [1.165, 1.54) is 5.56 Å². The highest BCUT2D eigenvalue weighted by molar-refractivity contribution is 5.76. The van der Waals surface area contributed by atoms with Crippen LogP contribution >= 0.6 is 0 Å². The minimum atomic E-state index is -0.0417. The second-order valence-electron chi connectivity index (χ2n) is 9.00. The van der Waals surface area contributed by atoms with Crippen molar-refractivity contribution >= 4 is 11.6 Å². The molecule has 0 saturated carbocycles. The summed E-state index contributed by atoms with van der Waals surface area (Å²) in [7, 11) is 1.69. The van der Waals surface area contributed by atoms with Crippen LogP contribution in [0.2, 0.25) is 0 Å². The maximum Gasteiger partial charge on any atom is 0.276 e. The number of amides is 1. The highest BCUT2D eigenvalue weighted by atomic mass is 16.5. The van der Waals surface area contributed by atoms with Crippen molar-refractivity contribution in [1.82, 2.24) is 24.4 Å². The molecular weight excluding hydrogens is 418 g/mol. The molecule has 5 rings (SSSR count). The van der Waals surface area contributed by atoms with E-state index in [0.717, 1.165) is 55.1 Å². The largest absolute Gasteiger partial charge is 0.497 e. The first kappa shape index (κ1) is 21.7. The quantitative estimate of drug-likeness (QED) is 0.647. The molecule has 174 valence electrons. The van der Waals surface area contributed by atoms with Crippen molar-refractivity contribution in [3.05, 3.63) is 63.2 Å². The number of nitrogens with zero attached hydrogens (tertiary/aromatic N) is 4. The van der Waals surface area contributed by atoms with Gasteiger partial charge in [-0.25, -0.2) is 9.50 Å². The molecule has 0 aliphatic carbocycles. The van der Waals surface area contributed by atoms with E-state index in [1.807, 2.05) is 25.1 Å². The van der Waals surface area contributed by atoms with E-state index >= 15 is 0 Å². The molecule has 8 nitrogen and oxygen atoms in total. The molecule has 33 heavy (non-hydrogen) atoms. The molecule has 8 heteroatoms. The fourth-order valence-corrected chi connectivity index (χ4v) is 5.16. The Balaban J connectivity index is 1.45. The third-order valence-electron chi connectivity index (χ3n) is 6.93. The first-order valence-electron chi connectivity index (χ1n) is 11.9. The minimum absolute atomic E-state index is 0.0417. The van der Waals surface area contributed by atoms with Gasteiger partial charge in [-0.2, -0.15) is 0 Å². The average Bonchev–Trinajstić information content (AvgIpc) is 3.28. The van der Waals surface area contributed by atoms with Crippen LogP contribution in [0.5, 0.6) is 5.75 Å². The zero-order valence-electron chi connectivity index (χ0n) is 19.3. The minimum Gasteiger partial charge on any atom is -0.497 e. The lowest BCUT2D eigenvalue weighted by Gasteiger charge is -2.35. The monoisotopic (exact) mass is 449 g/mol. The van der Waals surface area contributed by atoms with Crippen LogP contribution in [-0.4, -0.2) is 50.5 Å². The van der Waals surface area contributed by atoms with E-state index in [9.17, 15) is 9.59 Å². The topological polar surface area (TPSA) is 82.9 Å². The predicted octanol–water partition coefficient (Wildman–Crippen LogP) is 3.05. The maximum atomic E-state index is 13.2. The van der Waals surface area contributed by atoms with Crippen LogP contribution in [0.15, 0.2) is 35.1 Å².